The van der Waals surface area contributed by atoms with Gasteiger partial charge in [-0.15, -0.1) is 0 Å². The zero-order chi connectivity index (χ0) is 10.2. The molecule has 0 aliphatic carbocycles. The highest BCUT2D eigenvalue weighted by Crippen LogP contribution is 2.16. The lowest BCUT2D eigenvalue weighted by molar-refractivity contribution is 0.0638. The molecule has 1 aliphatic rings. The lowest BCUT2D eigenvalue weighted by Gasteiger charge is -2.19. The van der Waals surface area contributed by atoms with Gasteiger partial charge in [-0.3, -0.25) is 11.3 Å². The molecule has 1 fully saturated rings. The van der Waals surface area contributed by atoms with Gasteiger partial charge < -0.3 is 9.47 Å². The molecule has 0 aromatic heterocycles. The molecule has 0 aromatic rings. The number of hydrogen-bond donors (Lipinski definition) is 2. The van der Waals surface area contributed by atoms with Crippen LogP contribution < -0.4 is 11.3 Å². The van der Waals surface area contributed by atoms with Gasteiger partial charge in [-0.1, -0.05) is 6.92 Å². The number of nitrogens with two attached hydrogens (primary N) is 1. The van der Waals surface area contributed by atoms with Crippen LogP contribution >= 0.6 is 0 Å². The molecule has 1 rings (SSSR count). The standard InChI is InChI=1S/C10H22N2O2/c1-2-5-13-8-9(12-11)7-10-4-3-6-14-10/h9-10,12H,2-8,11H2,1H3. The fraction of sp³-hybridized carbons (Fsp3) is 1.00. The largest absolute Gasteiger partial charge is 0.380 e. The zero-order valence-corrected chi connectivity index (χ0v) is 9.00. The van der Waals surface area contributed by atoms with E-state index in [1.165, 1.54) is 6.42 Å². The third kappa shape index (κ3) is 4.37. The van der Waals surface area contributed by atoms with E-state index in [2.05, 4.69) is 12.3 Å². The summed E-state index contributed by atoms with van der Waals surface area (Å²) in [5, 5.41) is 0. The summed E-state index contributed by atoms with van der Waals surface area (Å²) in [7, 11) is 0. The Labute approximate surface area is 86.1 Å². The van der Waals surface area contributed by atoms with E-state index < -0.39 is 0 Å². The molecule has 1 heterocycles. The van der Waals surface area contributed by atoms with Crippen molar-refractivity contribution < 1.29 is 9.47 Å². The van der Waals surface area contributed by atoms with Crippen LogP contribution in [0, 0.1) is 0 Å². The van der Waals surface area contributed by atoms with Crippen molar-refractivity contribution in [3.63, 3.8) is 0 Å². The highest BCUT2D eigenvalue weighted by Gasteiger charge is 2.19. The van der Waals surface area contributed by atoms with Crippen LogP contribution in [-0.2, 0) is 9.47 Å². The molecule has 84 valence electrons. The number of hydrazine groups is 1. The van der Waals surface area contributed by atoms with Gasteiger partial charge in [0.1, 0.15) is 0 Å². The fourth-order valence-electron chi connectivity index (χ4n) is 1.70. The van der Waals surface area contributed by atoms with Crippen LogP contribution in [0.4, 0.5) is 0 Å². The van der Waals surface area contributed by atoms with Gasteiger partial charge in [0.2, 0.25) is 0 Å². The molecule has 3 N–H and O–H groups in total. The summed E-state index contributed by atoms with van der Waals surface area (Å²) in [6, 6.07) is 0.227. The van der Waals surface area contributed by atoms with E-state index in [1.807, 2.05) is 0 Å². The number of hydrogen-bond acceptors (Lipinski definition) is 4. The Bertz CT molecular complexity index is 138. The smallest absolute Gasteiger partial charge is 0.0634 e. The number of rotatable bonds is 7. The van der Waals surface area contributed by atoms with Crippen molar-refractivity contribution in [2.24, 2.45) is 5.84 Å². The molecule has 2 unspecified atom stereocenters. The summed E-state index contributed by atoms with van der Waals surface area (Å²) in [6.45, 7) is 4.50. The van der Waals surface area contributed by atoms with Crippen molar-refractivity contribution in [1.29, 1.82) is 0 Å². The van der Waals surface area contributed by atoms with Crippen molar-refractivity contribution in [2.45, 2.75) is 44.8 Å². The summed E-state index contributed by atoms with van der Waals surface area (Å²) in [4.78, 5) is 0. The third-order valence-corrected chi connectivity index (χ3v) is 2.47. The fourth-order valence-corrected chi connectivity index (χ4v) is 1.70. The van der Waals surface area contributed by atoms with Gasteiger partial charge in [0, 0.05) is 19.3 Å². The Morgan fingerprint density at radius 1 is 1.64 bits per heavy atom. The second kappa shape index (κ2) is 7.17. The Balaban J connectivity index is 2.10. The Morgan fingerprint density at radius 3 is 3.07 bits per heavy atom. The van der Waals surface area contributed by atoms with Gasteiger partial charge in [-0.2, -0.15) is 0 Å². The molecule has 0 saturated carbocycles. The van der Waals surface area contributed by atoms with Crippen LogP contribution in [0.3, 0.4) is 0 Å². The predicted octanol–water partition coefficient (Wildman–Crippen LogP) is 0.814. The Hall–Kier alpha value is -0.160. The summed E-state index contributed by atoms with van der Waals surface area (Å²) in [5.74, 6) is 5.45. The molecule has 0 spiro atoms. The molecular weight excluding hydrogens is 180 g/mol. The van der Waals surface area contributed by atoms with Gasteiger partial charge in [0.25, 0.3) is 0 Å². The molecule has 0 aromatic carbocycles. The molecule has 2 atom stereocenters. The SMILES string of the molecule is CCCOCC(CC1CCCO1)NN. The van der Waals surface area contributed by atoms with Crippen molar-refractivity contribution in [2.75, 3.05) is 19.8 Å². The minimum Gasteiger partial charge on any atom is -0.380 e. The average molecular weight is 202 g/mol. The minimum absolute atomic E-state index is 0.227. The van der Waals surface area contributed by atoms with Gasteiger partial charge in [-0.25, -0.2) is 0 Å². The van der Waals surface area contributed by atoms with Crippen molar-refractivity contribution >= 4 is 0 Å². The number of nitrogens with one attached hydrogen (secondary N) is 1. The van der Waals surface area contributed by atoms with Gasteiger partial charge in [-0.05, 0) is 25.7 Å². The van der Waals surface area contributed by atoms with Gasteiger partial charge in [0.15, 0.2) is 0 Å². The average Bonchev–Trinajstić information content (AvgIpc) is 2.69. The quantitative estimate of drug-likeness (QED) is 0.364. The molecule has 1 saturated heterocycles. The maximum Gasteiger partial charge on any atom is 0.0634 e. The predicted molar refractivity (Wildman–Crippen MR) is 55.8 cm³/mol. The Morgan fingerprint density at radius 2 is 2.50 bits per heavy atom. The summed E-state index contributed by atoms with van der Waals surface area (Å²) < 4.78 is 11.0. The first-order chi connectivity index (χ1) is 6.86. The lowest BCUT2D eigenvalue weighted by Crippen LogP contribution is -2.41. The van der Waals surface area contributed by atoms with Crippen LogP contribution in [0.2, 0.25) is 0 Å². The molecule has 14 heavy (non-hydrogen) atoms. The second-order valence-electron chi connectivity index (χ2n) is 3.81. The zero-order valence-electron chi connectivity index (χ0n) is 9.00. The summed E-state index contributed by atoms with van der Waals surface area (Å²) in [6.07, 6.45) is 4.72. The molecule has 1 aliphatic heterocycles. The monoisotopic (exact) mass is 202 g/mol. The lowest BCUT2D eigenvalue weighted by atomic mass is 10.1. The first-order valence-electron chi connectivity index (χ1n) is 5.52. The van der Waals surface area contributed by atoms with Crippen LogP contribution in [0.15, 0.2) is 0 Å². The number of ether oxygens (including phenoxy) is 2. The first-order valence-corrected chi connectivity index (χ1v) is 5.52. The van der Waals surface area contributed by atoms with E-state index in [9.17, 15) is 0 Å². The topological polar surface area (TPSA) is 56.5 Å². The highest BCUT2D eigenvalue weighted by atomic mass is 16.5. The molecule has 0 bridgehead atoms. The molecule has 0 radical (unpaired) electrons. The van der Waals surface area contributed by atoms with Crippen LogP contribution in [-0.4, -0.2) is 32.0 Å². The third-order valence-electron chi connectivity index (χ3n) is 2.47. The van der Waals surface area contributed by atoms with Crippen molar-refractivity contribution in [3.05, 3.63) is 0 Å². The van der Waals surface area contributed by atoms with Crippen LogP contribution in [0.25, 0.3) is 0 Å². The molecule has 4 heteroatoms. The van der Waals surface area contributed by atoms with Crippen molar-refractivity contribution in [1.82, 2.24) is 5.43 Å². The molecule has 0 amide bonds. The van der Waals surface area contributed by atoms with E-state index in [-0.39, 0.29) is 6.04 Å². The Kier molecular flexibility index (Phi) is 6.10. The van der Waals surface area contributed by atoms with Gasteiger partial charge >= 0.3 is 0 Å². The van der Waals surface area contributed by atoms with Crippen molar-refractivity contribution in [3.8, 4) is 0 Å². The molecular formula is C10H22N2O2. The maximum atomic E-state index is 5.54. The van der Waals surface area contributed by atoms with E-state index in [1.54, 1.807) is 0 Å². The summed E-state index contributed by atoms with van der Waals surface area (Å²) >= 11 is 0. The summed E-state index contributed by atoms with van der Waals surface area (Å²) in [5.41, 5.74) is 2.78. The van der Waals surface area contributed by atoms with E-state index in [4.69, 9.17) is 15.3 Å². The van der Waals surface area contributed by atoms with E-state index in [0.29, 0.717) is 12.7 Å². The minimum atomic E-state index is 0.227. The van der Waals surface area contributed by atoms with E-state index in [0.717, 1.165) is 32.5 Å². The maximum absolute atomic E-state index is 5.54. The molecule has 4 nitrogen and oxygen atoms in total. The normalized spacial score (nSPS) is 24.0. The van der Waals surface area contributed by atoms with Crippen LogP contribution in [0.1, 0.15) is 32.6 Å². The van der Waals surface area contributed by atoms with E-state index >= 15 is 0 Å². The van der Waals surface area contributed by atoms with Gasteiger partial charge in [0.05, 0.1) is 12.7 Å². The second-order valence-corrected chi connectivity index (χ2v) is 3.81. The van der Waals surface area contributed by atoms with Crippen LogP contribution in [0.5, 0.6) is 0 Å². The first kappa shape index (κ1) is 11.9. The highest BCUT2D eigenvalue weighted by molar-refractivity contribution is 4.73.